The number of halogens is 1. The smallest absolute Gasteiger partial charge is 0.165 e. The van der Waals surface area contributed by atoms with Gasteiger partial charge < -0.3 is 19.7 Å². The number of aliphatic hydroxyl groups is 1. The number of benzene rings is 1. The number of phenolic OH excluding ortho intramolecular Hbond substituents is 1. The summed E-state index contributed by atoms with van der Waals surface area (Å²) >= 11 is 0. The monoisotopic (exact) mass is 416 g/mol. The van der Waals surface area contributed by atoms with Crippen LogP contribution in [0.4, 0.5) is 4.39 Å². The first-order valence-electron chi connectivity index (χ1n) is 11.3. The van der Waals surface area contributed by atoms with E-state index in [1.807, 2.05) is 19.9 Å². The lowest BCUT2D eigenvalue weighted by Crippen LogP contribution is -2.82. The summed E-state index contributed by atoms with van der Waals surface area (Å²) in [6.07, 6.45) is 4.11. The normalized spacial score (nSPS) is 43.4. The number of nitrogens with zero attached hydrogens (tertiary/aromatic N) is 1. The molecule has 2 spiro atoms. The van der Waals surface area contributed by atoms with Gasteiger partial charge >= 0.3 is 0 Å². The molecule has 4 bridgehead atoms. The largest absolute Gasteiger partial charge is 0.504 e. The second-order valence-electron chi connectivity index (χ2n) is 10.8. The molecule has 4 aliphatic carbocycles. The van der Waals surface area contributed by atoms with Crippen LogP contribution in [-0.4, -0.2) is 65.3 Å². The van der Waals surface area contributed by atoms with E-state index in [0.29, 0.717) is 12.3 Å². The number of phenols is 1. The predicted octanol–water partition coefficient (Wildman–Crippen LogP) is 2.95. The zero-order valence-electron chi connectivity index (χ0n) is 18.1. The number of fused-ring (bicyclic) bond motifs is 2. The Morgan fingerprint density at radius 2 is 2.10 bits per heavy atom. The molecule has 5 nitrogen and oxygen atoms in total. The number of piperidine rings is 1. The second kappa shape index (κ2) is 5.70. The Hall–Kier alpha value is -1.37. The standard InChI is InChI=1S/C24H32FNO4/c1-21(2,28)16-13-22-6-7-24(16,29-3)20-23(22)8-10-26(11-9-25)17(22)12-14-4-5-15(27)19(30-20)18(14)23/h4-5,16-17,20,27-28H,6-13H2,1-3H3/t16-,17-,20-,22-,23+,24-/m1/s1/i25-1. The minimum absolute atomic E-state index is 0.0901. The van der Waals surface area contributed by atoms with E-state index in [0.717, 1.165) is 38.6 Å². The topological polar surface area (TPSA) is 62.2 Å². The first kappa shape index (κ1) is 19.3. The predicted molar refractivity (Wildman–Crippen MR) is 110 cm³/mol. The van der Waals surface area contributed by atoms with Crippen LogP contribution in [-0.2, 0) is 16.6 Å². The average molecular weight is 417 g/mol. The van der Waals surface area contributed by atoms with Crippen molar-refractivity contribution < 1.29 is 24.1 Å². The van der Waals surface area contributed by atoms with Crippen LogP contribution in [0.1, 0.15) is 50.7 Å². The number of ether oxygens (including phenoxy) is 2. The van der Waals surface area contributed by atoms with Crippen LogP contribution in [0, 0.1) is 11.3 Å². The summed E-state index contributed by atoms with van der Waals surface area (Å²) in [5.41, 5.74) is 0.518. The van der Waals surface area contributed by atoms with Gasteiger partial charge in [0.1, 0.15) is 18.4 Å². The van der Waals surface area contributed by atoms with Gasteiger partial charge in [-0.05, 0) is 64.1 Å². The van der Waals surface area contributed by atoms with E-state index in [9.17, 15) is 14.6 Å². The maximum Gasteiger partial charge on any atom is 0.165 e. The van der Waals surface area contributed by atoms with Crippen LogP contribution in [0.5, 0.6) is 11.5 Å². The molecule has 4 fully saturated rings. The number of hydrogen-bond donors (Lipinski definition) is 2. The van der Waals surface area contributed by atoms with E-state index < -0.39 is 11.2 Å². The quantitative estimate of drug-likeness (QED) is 0.790. The molecule has 1 aromatic carbocycles. The average Bonchev–Trinajstić information content (AvgIpc) is 3.08. The van der Waals surface area contributed by atoms with Gasteiger partial charge in [0.05, 0.1) is 5.60 Å². The molecule has 164 valence electrons. The molecule has 2 N–H and O–H groups in total. The van der Waals surface area contributed by atoms with Crippen molar-refractivity contribution in [3.8, 4) is 11.5 Å². The van der Waals surface area contributed by atoms with Crippen LogP contribution in [0.2, 0.25) is 0 Å². The highest BCUT2D eigenvalue weighted by atomic mass is 18.2. The fourth-order valence-electron chi connectivity index (χ4n) is 8.76. The van der Waals surface area contributed by atoms with E-state index in [4.69, 9.17) is 9.47 Å². The lowest BCUT2D eigenvalue weighted by molar-refractivity contribution is -0.300. The Bertz CT molecular complexity index is 915. The minimum atomic E-state index is -0.926. The van der Waals surface area contributed by atoms with Gasteiger partial charge in [-0.25, -0.2) is 4.39 Å². The fourth-order valence-corrected chi connectivity index (χ4v) is 8.76. The molecule has 0 unspecified atom stereocenters. The second-order valence-corrected chi connectivity index (χ2v) is 10.8. The van der Waals surface area contributed by atoms with Gasteiger partial charge in [-0.1, -0.05) is 6.07 Å². The van der Waals surface area contributed by atoms with Crippen molar-refractivity contribution in [2.45, 2.75) is 74.7 Å². The third-order valence-corrected chi connectivity index (χ3v) is 9.69. The zero-order valence-corrected chi connectivity index (χ0v) is 18.1. The highest BCUT2D eigenvalue weighted by Gasteiger charge is 2.81. The molecule has 0 aromatic heterocycles. The summed E-state index contributed by atoms with van der Waals surface area (Å²) in [5.74, 6) is 0.731. The molecule has 0 radical (unpaired) electrons. The molecule has 2 aliphatic heterocycles. The Morgan fingerprint density at radius 1 is 1.30 bits per heavy atom. The highest BCUT2D eigenvalue weighted by molar-refractivity contribution is 5.63. The Kier molecular flexibility index (Phi) is 3.67. The van der Waals surface area contributed by atoms with E-state index in [-0.39, 0.29) is 41.3 Å². The third kappa shape index (κ3) is 1.87. The van der Waals surface area contributed by atoms with Crippen LogP contribution >= 0.6 is 0 Å². The molecule has 1 saturated heterocycles. The third-order valence-electron chi connectivity index (χ3n) is 9.69. The molecule has 6 atom stereocenters. The summed E-state index contributed by atoms with van der Waals surface area (Å²) in [7, 11) is 1.75. The Morgan fingerprint density at radius 3 is 2.80 bits per heavy atom. The van der Waals surface area contributed by atoms with Crippen molar-refractivity contribution in [2.75, 3.05) is 26.9 Å². The van der Waals surface area contributed by atoms with Crippen molar-refractivity contribution in [1.82, 2.24) is 4.90 Å². The van der Waals surface area contributed by atoms with E-state index >= 15 is 0 Å². The summed E-state index contributed by atoms with van der Waals surface area (Å²) in [6.45, 7) is 4.70. The van der Waals surface area contributed by atoms with Gasteiger partial charge in [0.25, 0.3) is 0 Å². The van der Waals surface area contributed by atoms with E-state index in [2.05, 4.69) is 4.90 Å². The number of likely N-dealkylation sites (tertiary alicyclic amines) is 1. The Labute approximate surface area is 177 Å². The lowest BCUT2D eigenvalue weighted by Gasteiger charge is -2.74. The summed E-state index contributed by atoms with van der Waals surface area (Å²) in [5, 5.41) is 22.0. The number of aromatic hydroxyl groups is 1. The molecule has 6 heteroatoms. The minimum Gasteiger partial charge on any atom is -0.504 e. The molecule has 2 heterocycles. The first-order chi connectivity index (χ1) is 14.2. The lowest BCUT2D eigenvalue weighted by atomic mass is 9.34. The van der Waals surface area contributed by atoms with Gasteiger partial charge in [-0.2, -0.15) is 0 Å². The number of methoxy groups -OCH3 is 1. The summed E-state index contributed by atoms with van der Waals surface area (Å²) in [4.78, 5) is 2.35. The highest BCUT2D eigenvalue weighted by Crippen LogP contribution is 2.77. The van der Waals surface area contributed by atoms with Crippen LogP contribution in [0.25, 0.3) is 0 Å². The zero-order chi connectivity index (χ0) is 21.1. The van der Waals surface area contributed by atoms with E-state index in [1.165, 1.54) is 11.1 Å². The van der Waals surface area contributed by atoms with Crippen molar-refractivity contribution in [1.29, 1.82) is 0 Å². The molecule has 6 aliphatic rings. The molecule has 0 amide bonds. The van der Waals surface area contributed by atoms with Crippen molar-refractivity contribution in [3.63, 3.8) is 0 Å². The molecule has 3 saturated carbocycles. The van der Waals surface area contributed by atoms with Crippen molar-refractivity contribution in [3.05, 3.63) is 23.3 Å². The van der Waals surface area contributed by atoms with Crippen molar-refractivity contribution >= 4 is 0 Å². The van der Waals surface area contributed by atoms with Crippen LogP contribution in [0.3, 0.4) is 0 Å². The number of rotatable bonds is 4. The maximum absolute atomic E-state index is 13.5. The molecular formula is C24H32FNO4. The van der Waals surface area contributed by atoms with Crippen LogP contribution in [0.15, 0.2) is 12.1 Å². The van der Waals surface area contributed by atoms with Crippen LogP contribution < -0.4 is 4.74 Å². The van der Waals surface area contributed by atoms with Crippen molar-refractivity contribution in [2.24, 2.45) is 11.3 Å². The van der Waals surface area contributed by atoms with Gasteiger partial charge in [-0.15, -0.1) is 0 Å². The maximum atomic E-state index is 13.5. The number of hydrogen-bond acceptors (Lipinski definition) is 5. The first-order valence-corrected chi connectivity index (χ1v) is 11.3. The number of alkyl halides is 1. The summed E-state index contributed by atoms with van der Waals surface area (Å²) in [6, 6.07) is 4.00. The molecule has 30 heavy (non-hydrogen) atoms. The van der Waals surface area contributed by atoms with Gasteiger partial charge in [0.15, 0.2) is 11.5 Å². The Balaban J connectivity index is 1.65. The van der Waals surface area contributed by atoms with Gasteiger partial charge in [0.2, 0.25) is 0 Å². The molecule has 7 rings (SSSR count). The van der Waals surface area contributed by atoms with Gasteiger partial charge in [-0.3, -0.25) is 4.90 Å². The summed E-state index contributed by atoms with van der Waals surface area (Å²) < 4.78 is 26.5. The fraction of sp³-hybridized carbons (Fsp3) is 0.750. The SMILES string of the molecule is CO[C@]12CC[C@@]3(C[C@@H]1C(C)(C)O)[C@H]1Cc4ccc(O)c5c4[C@@]3(CCN1CC[18F])[C@H]2O5. The molecule has 1 aromatic rings. The van der Waals surface area contributed by atoms with Gasteiger partial charge in [0, 0.05) is 42.0 Å². The molecular weight excluding hydrogens is 384 g/mol. The van der Waals surface area contributed by atoms with E-state index in [1.54, 1.807) is 13.2 Å².